The molecule has 0 spiro atoms. The Kier molecular flexibility index (Phi) is 5.01. The number of benzene rings is 1. The highest BCUT2D eigenvalue weighted by Crippen LogP contribution is 2.26. The molecule has 4 rings (SSSR count). The minimum absolute atomic E-state index is 0.150. The third kappa shape index (κ3) is 4.15. The lowest BCUT2D eigenvalue weighted by Crippen LogP contribution is -2.24. The molecule has 1 aromatic carbocycles. The summed E-state index contributed by atoms with van der Waals surface area (Å²) in [5.41, 5.74) is 1.30. The van der Waals surface area contributed by atoms with Gasteiger partial charge in [0, 0.05) is 18.6 Å². The predicted molar refractivity (Wildman–Crippen MR) is 104 cm³/mol. The number of imidazole rings is 2. The number of aromatic hydroxyl groups is 1. The maximum atomic E-state index is 13.0. The number of halogens is 3. The Morgan fingerprint density at radius 1 is 1.13 bits per heavy atom. The van der Waals surface area contributed by atoms with E-state index < -0.39 is 17.8 Å². The van der Waals surface area contributed by atoms with E-state index in [4.69, 9.17) is 0 Å². The number of hydrogen-bond acceptors (Lipinski definition) is 5. The summed E-state index contributed by atoms with van der Waals surface area (Å²) in [6, 6.07) is 8.15. The molecule has 2 N–H and O–H groups in total. The van der Waals surface area contributed by atoms with E-state index in [-0.39, 0.29) is 18.1 Å². The number of ether oxygens (including phenoxy) is 1. The van der Waals surface area contributed by atoms with Gasteiger partial charge in [-0.2, -0.15) is 0 Å². The van der Waals surface area contributed by atoms with Crippen LogP contribution in [0.2, 0.25) is 0 Å². The van der Waals surface area contributed by atoms with Crippen molar-refractivity contribution >= 4 is 0 Å². The van der Waals surface area contributed by atoms with Gasteiger partial charge in [-0.25, -0.2) is 14.3 Å². The summed E-state index contributed by atoms with van der Waals surface area (Å²) in [4.78, 5) is 24.3. The summed E-state index contributed by atoms with van der Waals surface area (Å²) in [5, 5.41) is 10.5. The minimum Gasteiger partial charge on any atom is -0.493 e. The average molecular weight is 431 g/mol. The van der Waals surface area contributed by atoms with Crippen LogP contribution in [0.25, 0.3) is 17.2 Å². The Morgan fingerprint density at radius 3 is 2.52 bits per heavy atom. The van der Waals surface area contributed by atoms with Crippen LogP contribution >= 0.6 is 0 Å². The molecule has 0 saturated heterocycles. The number of nitrogens with zero attached hydrogens (tertiary/aromatic N) is 4. The highest BCUT2D eigenvalue weighted by Gasteiger charge is 2.31. The van der Waals surface area contributed by atoms with Crippen LogP contribution in [0.15, 0.2) is 59.8 Å². The van der Waals surface area contributed by atoms with Gasteiger partial charge in [-0.15, -0.1) is 13.2 Å². The van der Waals surface area contributed by atoms with Gasteiger partial charge in [0.05, 0.1) is 17.9 Å². The van der Waals surface area contributed by atoms with Crippen molar-refractivity contribution in [2.75, 3.05) is 0 Å². The predicted octanol–water partition coefficient (Wildman–Crippen LogP) is 3.39. The van der Waals surface area contributed by atoms with Crippen LogP contribution in [0.4, 0.5) is 13.2 Å². The molecule has 3 heterocycles. The van der Waals surface area contributed by atoms with Gasteiger partial charge in [0.15, 0.2) is 5.82 Å². The fourth-order valence-corrected chi connectivity index (χ4v) is 3.14. The molecule has 0 aliphatic rings. The van der Waals surface area contributed by atoms with Gasteiger partial charge in [0.25, 0.3) is 0 Å². The molecule has 0 amide bonds. The largest absolute Gasteiger partial charge is 0.573 e. The first-order chi connectivity index (χ1) is 14.7. The Balaban J connectivity index is 1.66. The van der Waals surface area contributed by atoms with E-state index in [2.05, 4.69) is 19.7 Å². The van der Waals surface area contributed by atoms with Crippen LogP contribution in [-0.4, -0.2) is 35.6 Å². The van der Waals surface area contributed by atoms with Crippen LogP contribution in [0.3, 0.4) is 0 Å². The van der Waals surface area contributed by atoms with Crippen molar-refractivity contribution in [3.05, 3.63) is 76.7 Å². The maximum Gasteiger partial charge on any atom is 0.573 e. The number of aromatic amines is 1. The molecule has 0 saturated carbocycles. The molecule has 0 aliphatic heterocycles. The minimum atomic E-state index is -4.82. The summed E-state index contributed by atoms with van der Waals surface area (Å²) in [6.45, 7) is 1.72. The number of hydrogen-bond donors (Lipinski definition) is 2. The molecule has 0 fully saturated rings. The number of alkyl halides is 3. The highest BCUT2D eigenvalue weighted by atomic mass is 19.4. The van der Waals surface area contributed by atoms with Crippen LogP contribution in [-0.2, 0) is 6.54 Å². The molecule has 0 radical (unpaired) electrons. The zero-order valence-corrected chi connectivity index (χ0v) is 16.1. The van der Waals surface area contributed by atoms with Crippen LogP contribution in [0.1, 0.15) is 11.3 Å². The molecule has 31 heavy (non-hydrogen) atoms. The first kappa shape index (κ1) is 20.3. The fourth-order valence-electron chi connectivity index (χ4n) is 3.14. The van der Waals surface area contributed by atoms with E-state index in [9.17, 15) is 23.1 Å². The van der Waals surface area contributed by atoms with Crippen molar-refractivity contribution in [3.8, 4) is 28.8 Å². The van der Waals surface area contributed by atoms with Gasteiger partial charge in [0.2, 0.25) is 5.88 Å². The van der Waals surface area contributed by atoms with Crippen molar-refractivity contribution in [1.29, 1.82) is 0 Å². The molecule has 0 unspecified atom stereocenters. The van der Waals surface area contributed by atoms with Crippen molar-refractivity contribution < 1.29 is 23.0 Å². The van der Waals surface area contributed by atoms with E-state index in [1.54, 1.807) is 37.6 Å². The van der Waals surface area contributed by atoms with Gasteiger partial charge >= 0.3 is 12.1 Å². The summed E-state index contributed by atoms with van der Waals surface area (Å²) in [5.74, 6) is -0.163. The summed E-state index contributed by atoms with van der Waals surface area (Å²) in [6.07, 6.45) is 0.0340. The van der Waals surface area contributed by atoms with E-state index in [1.165, 1.54) is 16.7 Å². The molecule has 0 aliphatic carbocycles. The molecule has 11 heteroatoms. The van der Waals surface area contributed by atoms with Gasteiger partial charge in [-0.3, -0.25) is 9.55 Å². The van der Waals surface area contributed by atoms with E-state index in [0.29, 0.717) is 17.2 Å². The second kappa shape index (κ2) is 7.67. The average Bonchev–Trinajstić information content (AvgIpc) is 3.32. The Labute approximate surface area is 173 Å². The lowest BCUT2D eigenvalue weighted by atomic mass is 10.2. The normalized spacial score (nSPS) is 11.6. The zero-order valence-electron chi connectivity index (χ0n) is 16.1. The molecule has 8 nitrogen and oxygen atoms in total. The SMILES string of the molecule is Cc1c(O)n(-c2ccc(OC(F)(F)F)cc2)c(=O)n1Cc1ccnc(-c2ncc[nH]2)c1. The van der Waals surface area contributed by atoms with Crippen molar-refractivity contribution in [3.63, 3.8) is 0 Å². The standard InChI is InChI=1S/C20H16F3N5O3/c1-12-18(29)28(14-2-4-15(5-3-14)31-20(21,22)23)19(30)27(12)11-13-6-7-24-16(10-13)17-25-8-9-26-17/h2-10,29H,11H2,1H3,(H,25,26). The molecule has 0 atom stereocenters. The molecule has 0 bridgehead atoms. The second-order valence-electron chi connectivity index (χ2n) is 6.64. The Bertz CT molecular complexity index is 1260. The number of pyridine rings is 1. The first-order valence-electron chi connectivity index (χ1n) is 9.05. The Hall–Kier alpha value is -4.02. The highest BCUT2D eigenvalue weighted by molar-refractivity contribution is 5.50. The third-order valence-electron chi connectivity index (χ3n) is 4.60. The fraction of sp³-hybridized carbons (Fsp3) is 0.150. The van der Waals surface area contributed by atoms with E-state index in [0.717, 1.165) is 22.3 Å². The van der Waals surface area contributed by atoms with Crippen LogP contribution < -0.4 is 10.4 Å². The Morgan fingerprint density at radius 2 is 1.87 bits per heavy atom. The summed E-state index contributed by atoms with van der Waals surface area (Å²) < 4.78 is 43.2. The van der Waals surface area contributed by atoms with Gasteiger partial charge in [-0.05, 0) is 48.9 Å². The molecule has 4 aromatic rings. The maximum absolute atomic E-state index is 13.0. The second-order valence-corrected chi connectivity index (χ2v) is 6.64. The van der Waals surface area contributed by atoms with Gasteiger partial charge < -0.3 is 14.8 Å². The monoisotopic (exact) mass is 431 g/mol. The topological polar surface area (TPSA) is 98.0 Å². The van der Waals surface area contributed by atoms with E-state index in [1.807, 2.05) is 0 Å². The lowest BCUT2D eigenvalue weighted by Gasteiger charge is -2.09. The van der Waals surface area contributed by atoms with Crippen molar-refractivity contribution in [2.45, 2.75) is 19.8 Å². The van der Waals surface area contributed by atoms with E-state index >= 15 is 0 Å². The zero-order chi connectivity index (χ0) is 22.2. The smallest absolute Gasteiger partial charge is 0.493 e. The molecule has 3 aromatic heterocycles. The third-order valence-corrected chi connectivity index (χ3v) is 4.60. The number of rotatable bonds is 5. The van der Waals surface area contributed by atoms with Crippen LogP contribution in [0, 0.1) is 6.92 Å². The molecular formula is C20H16F3N5O3. The molecule has 160 valence electrons. The van der Waals surface area contributed by atoms with Crippen LogP contribution in [0.5, 0.6) is 11.6 Å². The van der Waals surface area contributed by atoms with Crippen molar-refractivity contribution in [2.24, 2.45) is 0 Å². The molecular weight excluding hydrogens is 415 g/mol. The quantitative estimate of drug-likeness (QED) is 0.505. The summed E-state index contributed by atoms with van der Waals surface area (Å²) >= 11 is 0. The number of aromatic nitrogens is 5. The number of H-pyrrole nitrogens is 1. The first-order valence-corrected chi connectivity index (χ1v) is 9.05. The van der Waals surface area contributed by atoms with Gasteiger partial charge in [-0.1, -0.05) is 0 Å². The summed E-state index contributed by atoms with van der Waals surface area (Å²) in [7, 11) is 0. The number of nitrogens with one attached hydrogen (secondary N) is 1. The lowest BCUT2D eigenvalue weighted by molar-refractivity contribution is -0.274. The van der Waals surface area contributed by atoms with Crippen molar-refractivity contribution in [1.82, 2.24) is 24.1 Å². The van der Waals surface area contributed by atoms with Gasteiger partial charge in [0.1, 0.15) is 11.4 Å².